The number of hydrogen-bond donors (Lipinski definition) is 0. The van der Waals surface area contributed by atoms with Crippen molar-refractivity contribution in [1.29, 1.82) is 0 Å². The van der Waals surface area contributed by atoms with Crippen LogP contribution in [0.2, 0.25) is 0 Å². The van der Waals surface area contributed by atoms with Gasteiger partial charge in [-0.2, -0.15) is 0 Å². The molecule has 0 atom stereocenters. The Labute approximate surface area is 60.1 Å². The normalized spacial score (nSPS) is 11.5. The maximum Gasteiger partial charge on any atom is 0.227 e. The van der Waals surface area contributed by atoms with Crippen LogP contribution in [0.1, 0.15) is 0 Å². The second-order valence-electron chi connectivity index (χ2n) is 2.54. The molecular formula is C7H10N2O. The highest BCUT2D eigenvalue weighted by molar-refractivity contribution is 5.32. The van der Waals surface area contributed by atoms with Gasteiger partial charge in [-0.3, -0.25) is 0 Å². The van der Waals surface area contributed by atoms with Gasteiger partial charge in [0.05, 0.1) is 14.1 Å². The van der Waals surface area contributed by atoms with E-state index in [0.717, 1.165) is 0 Å². The van der Waals surface area contributed by atoms with E-state index in [9.17, 15) is 5.21 Å². The number of hydroxylamine groups is 2. The maximum absolute atomic E-state index is 11.2. The van der Waals surface area contributed by atoms with E-state index in [1.807, 2.05) is 0 Å². The number of hydrogen-bond acceptors (Lipinski definition) is 2. The summed E-state index contributed by atoms with van der Waals surface area (Å²) < 4.78 is -0.471. The molecule has 0 radical (unpaired) electrons. The highest BCUT2D eigenvalue weighted by Crippen LogP contribution is 2.10. The van der Waals surface area contributed by atoms with Crippen LogP contribution < -0.4 is 4.65 Å². The SMILES string of the molecule is C[N+](C)([O-])c1ccccn1. The van der Waals surface area contributed by atoms with E-state index in [1.165, 1.54) is 0 Å². The van der Waals surface area contributed by atoms with E-state index < -0.39 is 4.65 Å². The molecule has 1 rings (SSSR count). The van der Waals surface area contributed by atoms with Crippen molar-refractivity contribution in [3.05, 3.63) is 29.6 Å². The Morgan fingerprint density at radius 3 is 2.40 bits per heavy atom. The minimum Gasteiger partial charge on any atom is -0.627 e. The Morgan fingerprint density at radius 1 is 1.40 bits per heavy atom. The first-order chi connectivity index (χ1) is 4.61. The highest BCUT2D eigenvalue weighted by Gasteiger charge is 2.05. The summed E-state index contributed by atoms with van der Waals surface area (Å²) in [4.78, 5) is 3.91. The van der Waals surface area contributed by atoms with Gasteiger partial charge in [0.1, 0.15) is 0 Å². The third kappa shape index (κ3) is 1.52. The summed E-state index contributed by atoms with van der Waals surface area (Å²) in [6, 6.07) is 5.31. The smallest absolute Gasteiger partial charge is 0.227 e. The predicted octanol–water partition coefficient (Wildman–Crippen LogP) is 1.15. The minimum absolute atomic E-state index is 0.471. The standard InChI is InChI=1S/C7H10N2O/c1-9(2,10)7-5-3-4-6-8-7/h3-6H,1-2H3. The van der Waals surface area contributed by atoms with E-state index in [0.29, 0.717) is 5.82 Å². The predicted molar refractivity (Wildman–Crippen MR) is 41.2 cm³/mol. The molecule has 1 aromatic heterocycles. The number of nitrogens with zero attached hydrogens (tertiary/aromatic N) is 2. The van der Waals surface area contributed by atoms with E-state index >= 15 is 0 Å². The third-order valence-corrected chi connectivity index (χ3v) is 1.20. The lowest BCUT2D eigenvalue weighted by Crippen LogP contribution is -2.33. The first kappa shape index (κ1) is 7.18. The van der Waals surface area contributed by atoms with Crippen molar-refractivity contribution in [3.63, 3.8) is 0 Å². The van der Waals surface area contributed by atoms with Gasteiger partial charge in [-0.05, 0) is 6.07 Å². The first-order valence-corrected chi connectivity index (χ1v) is 3.07. The van der Waals surface area contributed by atoms with Crippen LogP contribution in [0.15, 0.2) is 24.4 Å². The average molecular weight is 138 g/mol. The van der Waals surface area contributed by atoms with E-state index in [4.69, 9.17) is 0 Å². The second kappa shape index (κ2) is 2.36. The maximum atomic E-state index is 11.2. The average Bonchev–Trinajstić information content (AvgIpc) is 1.88. The van der Waals surface area contributed by atoms with E-state index in [-0.39, 0.29) is 0 Å². The molecule has 0 spiro atoms. The monoisotopic (exact) mass is 138 g/mol. The molecule has 0 amide bonds. The molecule has 0 aromatic carbocycles. The Kier molecular flexibility index (Phi) is 1.70. The number of pyridine rings is 1. The Morgan fingerprint density at radius 2 is 2.10 bits per heavy atom. The van der Waals surface area contributed by atoms with Gasteiger partial charge < -0.3 is 9.85 Å². The van der Waals surface area contributed by atoms with Crippen LogP contribution in [0, 0.1) is 5.21 Å². The summed E-state index contributed by atoms with van der Waals surface area (Å²) in [5.74, 6) is 0.530. The quantitative estimate of drug-likeness (QED) is 0.431. The largest absolute Gasteiger partial charge is 0.627 e. The van der Waals surface area contributed by atoms with Crippen molar-refractivity contribution >= 4 is 5.82 Å². The Bertz CT molecular complexity index is 203. The number of aromatic nitrogens is 1. The fourth-order valence-electron chi connectivity index (χ4n) is 0.672. The van der Waals surface area contributed by atoms with Crippen molar-refractivity contribution in [2.75, 3.05) is 14.1 Å². The molecule has 3 nitrogen and oxygen atoms in total. The van der Waals surface area contributed by atoms with Gasteiger partial charge >= 0.3 is 0 Å². The van der Waals surface area contributed by atoms with Crippen LogP contribution in [0.5, 0.6) is 0 Å². The topological polar surface area (TPSA) is 36.0 Å². The summed E-state index contributed by atoms with van der Waals surface area (Å²) >= 11 is 0. The highest BCUT2D eigenvalue weighted by atomic mass is 16.5. The van der Waals surface area contributed by atoms with Gasteiger partial charge in [-0.25, -0.2) is 4.98 Å². The van der Waals surface area contributed by atoms with Crippen LogP contribution in [-0.2, 0) is 0 Å². The molecule has 0 fully saturated rings. The summed E-state index contributed by atoms with van der Waals surface area (Å²) in [6.45, 7) is 0. The number of rotatable bonds is 1. The lowest BCUT2D eigenvalue weighted by Gasteiger charge is -2.31. The van der Waals surface area contributed by atoms with Crippen molar-refractivity contribution in [2.24, 2.45) is 0 Å². The van der Waals surface area contributed by atoms with Crippen molar-refractivity contribution in [2.45, 2.75) is 0 Å². The van der Waals surface area contributed by atoms with E-state index in [1.54, 1.807) is 38.5 Å². The van der Waals surface area contributed by atoms with Crippen molar-refractivity contribution in [1.82, 2.24) is 9.63 Å². The van der Waals surface area contributed by atoms with Crippen LogP contribution >= 0.6 is 0 Å². The molecular weight excluding hydrogens is 128 g/mol. The van der Waals surface area contributed by atoms with Gasteiger partial charge in [0.15, 0.2) is 0 Å². The van der Waals surface area contributed by atoms with E-state index in [2.05, 4.69) is 4.98 Å². The second-order valence-corrected chi connectivity index (χ2v) is 2.54. The zero-order valence-corrected chi connectivity index (χ0v) is 6.11. The third-order valence-electron chi connectivity index (χ3n) is 1.20. The summed E-state index contributed by atoms with van der Waals surface area (Å²) in [6.07, 6.45) is 1.62. The zero-order chi connectivity index (χ0) is 7.61. The van der Waals surface area contributed by atoms with Gasteiger partial charge in [0, 0.05) is 12.3 Å². The van der Waals surface area contributed by atoms with Crippen molar-refractivity contribution < 1.29 is 0 Å². The molecule has 0 saturated heterocycles. The summed E-state index contributed by atoms with van der Waals surface area (Å²) in [5.41, 5.74) is 0. The molecule has 0 aliphatic heterocycles. The lowest BCUT2D eigenvalue weighted by atomic mass is 10.4. The van der Waals surface area contributed by atoms with Gasteiger partial charge in [-0.15, -0.1) is 0 Å². The molecule has 0 N–H and O–H groups in total. The Hall–Kier alpha value is -0.930. The zero-order valence-electron chi connectivity index (χ0n) is 6.11. The van der Waals surface area contributed by atoms with Crippen LogP contribution in [0.25, 0.3) is 0 Å². The number of quaternary nitrogens is 1. The molecule has 0 aliphatic rings. The van der Waals surface area contributed by atoms with Crippen LogP contribution in [-0.4, -0.2) is 19.1 Å². The molecule has 0 saturated carbocycles. The molecule has 1 aromatic rings. The molecule has 10 heavy (non-hydrogen) atoms. The lowest BCUT2D eigenvalue weighted by molar-refractivity contribution is 0.528. The first-order valence-electron chi connectivity index (χ1n) is 3.07. The van der Waals surface area contributed by atoms with Crippen molar-refractivity contribution in [3.8, 4) is 0 Å². The minimum atomic E-state index is -0.471. The van der Waals surface area contributed by atoms with Gasteiger partial charge in [-0.1, -0.05) is 6.07 Å². The van der Waals surface area contributed by atoms with Crippen LogP contribution in [0.4, 0.5) is 5.82 Å². The summed E-state index contributed by atoms with van der Waals surface area (Å²) in [7, 11) is 3.09. The molecule has 1 heterocycles. The fourth-order valence-corrected chi connectivity index (χ4v) is 0.672. The molecule has 0 aliphatic carbocycles. The van der Waals surface area contributed by atoms with Gasteiger partial charge in [0.2, 0.25) is 5.82 Å². The summed E-state index contributed by atoms with van der Waals surface area (Å²) in [5, 5.41) is 11.2. The Balaban J connectivity index is 2.97. The molecule has 54 valence electrons. The fraction of sp³-hybridized carbons (Fsp3) is 0.286. The van der Waals surface area contributed by atoms with Gasteiger partial charge in [0.25, 0.3) is 0 Å². The van der Waals surface area contributed by atoms with Crippen LogP contribution in [0.3, 0.4) is 0 Å². The molecule has 0 bridgehead atoms. The molecule has 3 heteroatoms. The molecule has 0 unspecified atom stereocenters.